The van der Waals surface area contributed by atoms with Crippen LogP contribution in [0, 0.1) is 17.2 Å². The molecule has 1 aromatic rings. The van der Waals surface area contributed by atoms with Crippen molar-refractivity contribution in [3.05, 3.63) is 35.9 Å². The number of nitriles is 1. The van der Waals surface area contributed by atoms with Gasteiger partial charge in [0.1, 0.15) is 0 Å². The number of hydrogen-bond donors (Lipinski definition) is 0. The predicted octanol–water partition coefficient (Wildman–Crippen LogP) is 2.50. The fourth-order valence-electron chi connectivity index (χ4n) is 3.62. The first-order chi connectivity index (χ1) is 9.86. The van der Waals surface area contributed by atoms with E-state index in [1.165, 1.54) is 18.4 Å². The molecule has 2 unspecified atom stereocenters. The summed E-state index contributed by atoms with van der Waals surface area (Å²) in [5.74, 6) is 0.274. The Labute approximate surface area is 121 Å². The normalized spacial score (nSPS) is 28.4. The average molecular weight is 269 g/mol. The van der Waals surface area contributed by atoms with Crippen molar-refractivity contribution in [1.29, 1.82) is 5.26 Å². The van der Waals surface area contributed by atoms with Gasteiger partial charge >= 0.3 is 0 Å². The minimum absolute atomic E-state index is 0.274. The van der Waals surface area contributed by atoms with Crippen LogP contribution in [0.5, 0.6) is 0 Å². The standard InChI is InChI=1S/C17H23N3/c18-13-16-7-4-8-17(16)20-11-9-19(10-12-20)14-15-5-2-1-3-6-15/h1-3,5-6,16-17H,4,7-12,14H2. The number of benzene rings is 1. The molecule has 2 fully saturated rings. The topological polar surface area (TPSA) is 30.3 Å². The molecule has 1 aromatic carbocycles. The van der Waals surface area contributed by atoms with Crippen LogP contribution < -0.4 is 0 Å². The predicted molar refractivity (Wildman–Crippen MR) is 80.0 cm³/mol. The number of rotatable bonds is 3. The molecule has 106 valence electrons. The molecule has 2 atom stereocenters. The Hall–Kier alpha value is -1.37. The van der Waals surface area contributed by atoms with Gasteiger partial charge in [-0.3, -0.25) is 9.80 Å². The van der Waals surface area contributed by atoms with Gasteiger partial charge in [0.05, 0.1) is 12.0 Å². The fourth-order valence-corrected chi connectivity index (χ4v) is 3.62. The molecule has 3 heteroatoms. The van der Waals surface area contributed by atoms with E-state index in [2.05, 4.69) is 46.2 Å². The van der Waals surface area contributed by atoms with Gasteiger partial charge in [-0.25, -0.2) is 0 Å². The Bertz CT molecular complexity index is 457. The van der Waals surface area contributed by atoms with E-state index in [4.69, 9.17) is 0 Å². The van der Waals surface area contributed by atoms with Crippen molar-refractivity contribution in [2.45, 2.75) is 31.8 Å². The lowest BCUT2D eigenvalue weighted by atomic mass is 10.0. The van der Waals surface area contributed by atoms with Gasteiger partial charge in [-0.05, 0) is 18.4 Å². The highest BCUT2D eigenvalue weighted by Gasteiger charge is 2.33. The summed E-state index contributed by atoms with van der Waals surface area (Å²) in [5, 5.41) is 9.23. The molecule has 1 saturated heterocycles. The van der Waals surface area contributed by atoms with E-state index < -0.39 is 0 Å². The molecule has 1 heterocycles. The molecule has 0 bridgehead atoms. The van der Waals surface area contributed by atoms with Crippen LogP contribution in [0.25, 0.3) is 0 Å². The van der Waals surface area contributed by atoms with Gasteiger partial charge in [0.15, 0.2) is 0 Å². The SMILES string of the molecule is N#CC1CCCC1N1CCN(Cc2ccccc2)CC1. The number of piperazine rings is 1. The maximum atomic E-state index is 9.23. The Morgan fingerprint density at radius 1 is 1.05 bits per heavy atom. The molecule has 0 amide bonds. The zero-order chi connectivity index (χ0) is 13.8. The smallest absolute Gasteiger partial charge is 0.0672 e. The summed E-state index contributed by atoms with van der Waals surface area (Å²) in [6.07, 6.45) is 3.55. The van der Waals surface area contributed by atoms with Crippen molar-refractivity contribution in [1.82, 2.24) is 9.80 Å². The minimum Gasteiger partial charge on any atom is -0.297 e. The van der Waals surface area contributed by atoms with Crippen LogP contribution in [0.15, 0.2) is 30.3 Å². The van der Waals surface area contributed by atoms with Crippen LogP contribution in [0.2, 0.25) is 0 Å². The van der Waals surface area contributed by atoms with Crippen molar-refractivity contribution in [2.75, 3.05) is 26.2 Å². The molecule has 3 rings (SSSR count). The van der Waals surface area contributed by atoms with Crippen molar-refractivity contribution in [3.63, 3.8) is 0 Å². The summed E-state index contributed by atoms with van der Waals surface area (Å²) in [7, 11) is 0. The van der Waals surface area contributed by atoms with Gasteiger partial charge < -0.3 is 0 Å². The molecule has 1 aliphatic carbocycles. The molecule has 3 nitrogen and oxygen atoms in total. The summed E-state index contributed by atoms with van der Waals surface area (Å²) >= 11 is 0. The first kappa shape index (κ1) is 13.6. The molecular weight excluding hydrogens is 246 g/mol. The third-order valence-electron chi connectivity index (χ3n) is 4.77. The third kappa shape index (κ3) is 3.03. The molecule has 20 heavy (non-hydrogen) atoms. The fraction of sp³-hybridized carbons (Fsp3) is 0.588. The van der Waals surface area contributed by atoms with E-state index in [0.717, 1.165) is 39.1 Å². The second kappa shape index (κ2) is 6.39. The molecule has 0 radical (unpaired) electrons. The molecule has 1 aliphatic heterocycles. The van der Waals surface area contributed by atoms with E-state index in [-0.39, 0.29) is 5.92 Å². The Morgan fingerprint density at radius 2 is 1.80 bits per heavy atom. The molecular formula is C17H23N3. The first-order valence-electron chi connectivity index (χ1n) is 7.77. The van der Waals surface area contributed by atoms with Gasteiger partial charge in [0.2, 0.25) is 0 Å². The summed E-state index contributed by atoms with van der Waals surface area (Å²) in [4.78, 5) is 5.09. The Balaban J connectivity index is 1.51. The van der Waals surface area contributed by atoms with E-state index in [1.807, 2.05) is 0 Å². The minimum atomic E-state index is 0.274. The summed E-state index contributed by atoms with van der Waals surface area (Å²) < 4.78 is 0. The second-order valence-electron chi connectivity index (χ2n) is 6.03. The lowest BCUT2D eigenvalue weighted by molar-refractivity contribution is 0.0842. The maximum absolute atomic E-state index is 9.23. The van der Waals surface area contributed by atoms with Crippen molar-refractivity contribution >= 4 is 0 Å². The van der Waals surface area contributed by atoms with Gasteiger partial charge in [-0.15, -0.1) is 0 Å². The monoisotopic (exact) mass is 269 g/mol. The molecule has 0 N–H and O–H groups in total. The molecule has 1 saturated carbocycles. The van der Waals surface area contributed by atoms with E-state index in [9.17, 15) is 5.26 Å². The van der Waals surface area contributed by atoms with Crippen LogP contribution >= 0.6 is 0 Å². The highest BCUT2D eigenvalue weighted by atomic mass is 15.3. The highest BCUT2D eigenvalue weighted by Crippen LogP contribution is 2.30. The zero-order valence-electron chi connectivity index (χ0n) is 12.0. The molecule has 0 aromatic heterocycles. The second-order valence-corrected chi connectivity index (χ2v) is 6.03. The van der Waals surface area contributed by atoms with Crippen molar-refractivity contribution < 1.29 is 0 Å². The lowest BCUT2D eigenvalue weighted by Gasteiger charge is -2.39. The first-order valence-corrected chi connectivity index (χ1v) is 7.77. The van der Waals surface area contributed by atoms with Crippen molar-refractivity contribution in [2.24, 2.45) is 5.92 Å². The van der Waals surface area contributed by atoms with Crippen LogP contribution in [0.4, 0.5) is 0 Å². The van der Waals surface area contributed by atoms with Gasteiger partial charge in [0, 0.05) is 38.8 Å². The van der Waals surface area contributed by atoms with Crippen LogP contribution in [0.1, 0.15) is 24.8 Å². The summed E-state index contributed by atoms with van der Waals surface area (Å²) in [6.45, 7) is 5.56. The Morgan fingerprint density at radius 3 is 2.50 bits per heavy atom. The summed E-state index contributed by atoms with van der Waals surface area (Å²) in [5.41, 5.74) is 1.40. The van der Waals surface area contributed by atoms with E-state index in [1.54, 1.807) is 0 Å². The average Bonchev–Trinajstić information content (AvgIpc) is 2.98. The largest absolute Gasteiger partial charge is 0.297 e. The van der Waals surface area contributed by atoms with E-state index >= 15 is 0 Å². The quantitative estimate of drug-likeness (QED) is 0.844. The third-order valence-corrected chi connectivity index (χ3v) is 4.77. The van der Waals surface area contributed by atoms with Gasteiger partial charge in [-0.2, -0.15) is 5.26 Å². The van der Waals surface area contributed by atoms with Crippen LogP contribution in [-0.4, -0.2) is 42.0 Å². The highest BCUT2D eigenvalue weighted by molar-refractivity contribution is 5.14. The number of hydrogen-bond acceptors (Lipinski definition) is 3. The zero-order valence-corrected chi connectivity index (χ0v) is 12.0. The van der Waals surface area contributed by atoms with Gasteiger partial charge in [0.25, 0.3) is 0 Å². The van der Waals surface area contributed by atoms with Crippen molar-refractivity contribution in [3.8, 4) is 6.07 Å². The summed E-state index contributed by atoms with van der Waals surface area (Å²) in [6, 6.07) is 13.7. The lowest BCUT2D eigenvalue weighted by Crippen LogP contribution is -2.50. The maximum Gasteiger partial charge on any atom is 0.0672 e. The van der Waals surface area contributed by atoms with E-state index in [0.29, 0.717) is 6.04 Å². The van der Waals surface area contributed by atoms with Crippen LogP contribution in [-0.2, 0) is 6.54 Å². The Kier molecular flexibility index (Phi) is 4.34. The van der Waals surface area contributed by atoms with Gasteiger partial charge in [-0.1, -0.05) is 36.8 Å². The molecule has 2 aliphatic rings. The molecule has 0 spiro atoms. The van der Waals surface area contributed by atoms with Crippen LogP contribution in [0.3, 0.4) is 0 Å². The number of nitrogens with zero attached hydrogens (tertiary/aromatic N) is 3.